The van der Waals surface area contributed by atoms with E-state index in [2.05, 4.69) is 61.5 Å². The smallest absolute Gasteiger partial charge is 0.329 e. The van der Waals surface area contributed by atoms with Crippen molar-refractivity contribution in [3.8, 4) is 0 Å². The Morgan fingerprint density at radius 1 is 0.722 bits per heavy atom. The van der Waals surface area contributed by atoms with Crippen molar-refractivity contribution in [1.82, 2.24) is 4.90 Å². The van der Waals surface area contributed by atoms with Crippen LogP contribution in [0.15, 0.2) is 47.6 Å². The molecule has 0 spiro atoms. The average molecular weight is 1140 g/mol. The molecular formula is C63H109NO13Si2. The highest BCUT2D eigenvalue weighted by molar-refractivity contribution is 6.74. The van der Waals surface area contributed by atoms with Gasteiger partial charge in [0, 0.05) is 58.5 Å². The van der Waals surface area contributed by atoms with E-state index in [9.17, 15) is 29.4 Å². The number of piperidine rings is 1. The maximum absolute atomic E-state index is 14.9. The first-order valence-electron chi connectivity index (χ1n) is 30.8. The predicted octanol–water partition coefficient (Wildman–Crippen LogP) is 12.0. The van der Waals surface area contributed by atoms with Crippen LogP contribution in [0.3, 0.4) is 0 Å². The van der Waals surface area contributed by atoms with Crippen LogP contribution in [-0.2, 0) is 51.7 Å². The minimum atomic E-state index is -2.42. The second-order valence-corrected chi connectivity index (χ2v) is 33.9. The summed E-state index contributed by atoms with van der Waals surface area (Å²) in [6.45, 7) is 27.0. The number of hydrogen-bond acceptors (Lipinski definition) is 13. The van der Waals surface area contributed by atoms with Crippen molar-refractivity contribution >= 4 is 40.1 Å². The molecular weight excluding hydrogens is 1030 g/mol. The summed E-state index contributed by atoms with van der Waals surface area (Å²) in [7, 11) is 0.712. The Bertz CT molecular complexity index is 2040. The monoisotopic (exact) mass is 1140 g/mol. The highest BCUT2D eigenvalue weighted by Gasteiger charge is 2.53. The molecule has 4 aliphatic rings. The van der Waals surface area contributed by atoms with Crippen molar-refractivity contribution in [3.05, 3.63) is 47.6 Å². The molecule has 0 aromatic heterocycles. The lowest BCUT2D eigenvalue weighted by molar-refractivity contribution is -0.265. The molecule has 452 valence electrons. The number of ether oxygens (including phenoxy) is 5. The highest BCUT2D eigenvalue weighted by Crippen LogP contribution is 2.40. The first kappa shape index (κ1) is 68.9. The Morgan fingerprint density at radius 2 is 1.37 bits per heavy atom. The minimum absolute atomic E-state index is 0.0349. The van der Waals surface area contributed by atoms with Gasteiger partial charge in [-0.1, -0.05) is 113 Å². The van der Waals surface area contributed by atoms with Crippen LogP contribution in [0, 0.1) is 35.5 Å². The molecule has 1 amide bonds. The normalized spacial score (nSPS) is 35.9. The van der Waals surface area contributed by atoms with Crippen LogP contribution in [0.5, 0.6) is 0 Å². The second-order valence-electron chi connectivity index (χ2n) is 24.5. The third-order valence-corrected chi connectivity index (χ3v) is 28.5. The lowest BCUT2D eigenvalue weighted by atomic mass is 9.78. The predicted molar refractivity (Wildman–Crippen MR) is 318 cm³/mol. The molecule has 0 radical (unpaired) electrons. The van der Waals surface area contributed by atoms with E-state index in [1.54, 1.807) is 28.3 Å². The van der Waals surface area contributed by atoms with E-state index in [0.29, 0.717) is 44.4 Å². The van der Waals surface area contributed by atoms with Gasteiger partial charge in [-0.3, -0.25) is 14.4 Å². The number of nitrogens with zero attached hydrogens (tertiary/aromatic N) is 1. The average Bonchev–Trinajstić information content (AvgIpc) is 3.47. The number of esters is 1. The molecule has 2 saturated heterocycles. The zero-order valence-electron chi connectivity index (χ0n) is 51.9. The number of hydrogen-bond donors (Lipinski definition) is 2. The number of amides is 1. The van der Waals surface area contributed by atoms with Crippen LogP contribution in [-0.4, -0.2) is 144 Å². The van der Waals surface area contributed by atoms with Gasteiger partial charge in [0.25, 0.3) is 11.7 Å². The van der Waals surface area contributed by atoms with Crippen LogP contribution >= 0.6 is 0 Å². The van der Waals surface area contributed by atoms with E-state index in [4.69, 9.17) is 32.5 Å². The van der Waals surface area contributed by atoms with Crippen molar-refractivity contribution < 1.29 is 61.9 Å². The topological polar surface area (TPSA) is 177 Å². The Balaban J connectivity index is 1.79. The Hall–Kier alpha value is -2.65. The largest absolute Gasteiger partial charge is 0.460 e. The number of cyclic esters (lactones) is 1. The van der Waals surface area contributed by atoms with Crippen molar-refractivity contribution in [1.29, 1.82) is 0 Å². The molecule has 0 unspecified atom stereocenters. The Labute approximate surface area is 479 Å². The van der Waals surface area contributed by atoms with Crippen LogP contribution in [0.2, 0.25) is 36.3 Å². The van der Waals surface area contributed by atoms with Gasteiger partial charge in [0.1, 0.15) is 18.2 Å². The minimum Gasteiger partial charge on any atom is -0.460 e. The van der Waals surface area contributed by atoms with Crippen molar-refractivity contribution in [2.24, 2.45) is 35.5 Å². The highest BCUT2D eigenvalue weighted by atomic mass is 28.4. The Morgan fingerprint density at radius 3 is 1.97 bits per heavy atom. The lowest BCUT2D eigenvalue weighted by Crippen LogP contribution is -2.61. The van der Waals surface area contributed by atoms with Crippen LogP contribution in [0.1, 0.15) is 167 Å². The molecule has 79 heavy (non-hydrogen) atoms. The molecule has 3 fully saturated rings. The first-order valence-corrected chi connectivity index (χ1v) is 35.9. The fourth-order valence-electron chi connectivity index (χ4n) is 13.1. The number of aliphatic hydroxyl groups is 2. The number of carbonyl (C=O) groups excluding carboxylic acids is 4. The summed E-state index contributed by atoms with van der Waals surface area (Å²) in [4.78, 5) is 60.0. The number of ketones is 2. The maximum atomic E-state index is 14.9. The zero-order chi connectivity index (χ0) is 58.8. The van der Waals surface area contributed by atoms with E-state index in [1.807, 2.05) is 58.1 Å². The summed E-state index contributed by atoms with van der Waals surface area (Å²) in [5.41, 5.74) is 1.68. The maximum Gasteiger partial charge on any atom is 0.329 e. The van der Waals surface area contributed by atoms with Crippen molar-refractivity contribution in [3.63, 3.8) is 0 Å². The fourth-order valence-corrected chi connectivity index (χ4v) is 18.9. The summed E-state index contributed by atoms with van der Waals surface area (Å²) < 4.78 is 45.3. The van der Waals surface area contributed by atoms with Crippen LogP contribution in [0.4, 0.5) is 0 Å². The molecule has 1 saturated carbocycles. The number of aliphatic hydroxyl groups excluding tert-OH is 1. The van der Waals surface area contributed by atoms with E-state index < -0.39 is 94.6 Å². The molecule has 0 aromatic rings. The van der Waals surface area contributed by atoms with Gasteiger partial charge >= 0.3 is 5.97 Å². The molecule has 0 aromatic carbocycles. The van der Waals surface area contributed by atoms with Gasteiger partial charge in [0.2, 0.25) is 5.79 Å². The molecule has 1 aliphatic carbocycles. The molecule has 2 N–H and O–H groups in total. The van der Waals surface area contributed by atoms with E-state index in [-0.39, 0.29) is 55.1 Å². The number of fused-ring (bicyclic) bond motifs is 3. The molecule has 4 rings (SSSR count). The third-order valence-electron chi connectivity index (χ3n) is 19.3. The van der Waals surface area contributed by atoms with Gasteiger partial charge in [0.05, 0.1) is 36.6 Å². The number of carbonyl (C=O) groups is 4. The van der Waals surface area contributed by atoms with Gasteiger partial charge in [-0.15, -0.1) is 0 Å². The van der Waals surface area contributed by atoms with E-state index >= 15 is 0 Å². The number of methoxy groups -OCH3 is 3. The van der Waals surface area contributed by atoms with Crippen LogP contribution in [0.25, 0.3) is 0 Å². The SMILES string of the molecule is CC[Si](CC)(CC)O[C@@H]1/C(C)=C/[C@@H](C)[C@@H](C[C@H](O)[C@H](C)C[C@@H]2CC[C@@H](O[Si](CC)(CC)CC)[C@H](OC)C2)OC(=O)[C@@H]2CCCCN2C(=O)C(=O)[C@]2(O)O[C@@H](CC[C@H]2C)C[C@H](OC)/C(C)=C/C=C/C=C/[C@@H](C)C[C@@H](C)C(=O)[C@@H]1OC. The second kappa shape index (κ2) is 32.4. The van der Waals surface area contributed by atoms with Crippen molar-refractivity contribution in [2.45, 2.75) is 264 Å². The molecule has 3 aliphatic heterocycles. The number of Topliss-reactive ketones (excluding diaryl/α,β-unsaturated/α-hetero) is 2. The quantitative estimate of drug-likeness (QED) is 0.0574. The zero-order valence-corrected chi connectivity index (χ0v) is 53.9. The molecule has 16 atom stereocenters. The summed E-state index contributed by atoms with van der Waals surface area (Å²) in [5, 5.41) is 24.5. The summed E-state index contributed by atoms with van der Waals surface area (Å²) in [5.74, 6) is -6.62. The summed E-state index contributed by atoms with van der Waals surface area (Å²) in [6.07, 6.45) is 14.4. The summed E-state index contributed by atoms with van der Waals surface area (Å²) >= 11 is 0. The first-order chi connectivity index (χ1) is 37.5. The standard InChI is InChI=1S/C63H109NO13Si2/c1-17-78(18-2,19-3)76-53-34-32-49(39-56(53)72-15)38-44(9)52(65)41-55-45(10)37-47(12)58(77-79(20-4,21-5)22-6)59(73-16)57(66)46(11)36-42(7)28-24-23-25-29-43(8)54(71-14)40-50-33-31-48(13)63(70,75-50)60(67)61(68)64-35-27-26-30-51(64)62(69)74-55/h23-25,28-29,37,42,44-46,48-56,58-59,65,70H,17-22,26-27,30-36,38-41H2,1-16H3/b25-23+,28-24+,43-29+,47-37+/t42-,44-,45-,46-,48-,49+,50+,51+,52+,53-,54+,55-,56-,58-,59+,63-/m1/s1. The van der Waals surface area contributed by atoms with Gasteiger partial charge in [-0.05, 0) is 143 Å². The van der Waals surface area contributed by atoms with E-state index in [0.717, 1.165) is 73.1 Å². The van der Waals surface area contributed by atoms with Gasteiger partial charge in [0.15, 0.2) is 22.4 Å². The number of allylic oxidation sites excluding steroid dienone is 5. The molecule has 3 heterocycles. The fraction of sp³-hybridized carbons (Fsp3) is 0.810. The van der Waals surface area contributed by atoms with Crippen LogP contribution < -0.4 is 0 Å². The molecule has 16 heteroatoms. The molecule has 2 bridgehead atoms. The Kier molecular flexibility index (Phi) is 28.3. The van der Waals surface area contributed by atoms with Gasteiger partial charge in [-0.2, -0.15) is 0 Å². The number of rotatable bonds is 18. The van der Waals surface area contributed by atoms with Gasteiger partial charge < -0.3 is 47.6 Å². The lowest BCUT2D eigenvalue weighted by Gasteiger charge is -2.43. The van der Waals surface area contributed by atoms with Gasteiger partial charge in [-0.25, -0.2) is 4.79 Å². The molecule has 14 nitrogen and oxygen atoms in total. The summed E-state index contributed by atoms with van der Waals surface area (Å²) in [6, 6.07) is 4.65. The van der Waals surface area contributed by atoms with E-state index in [1.165, 1.54) is 4.90 Å². The third kappa shape index (κ3) is 18.2. The van der Waals surface area contributed by atoms with Crippen molar-refractivity contribution in [2.75, 3.05) is 27.9 Å².